The third-order valence-corrected chi connectivity index (χ3v) is 3.64. The Balaban J connectivity index is 1.78. The van der Waals surface area contributed by atoms with Gasteiger partial charge in [0.05, 0.1) is 6.42 Å². The van der Waals surface area contributed by atoms with Crippen LogP contribution in [0.15, 0.2) is 54.6 Å². The highest BCUT2D eigenvalue weighted by molar-refractivity contribution is 6.30. The maximum atomic E-state index is 12.1. The van der Waals surface area contributed by atoms with Crippen molar-refractivity contribution in [3.8, 4) is 0 Å². The molecule has 6 heteroatoms. The van der Waals surface area contributed by atoms with Crippen LogP contribution in [0.5, 0.6) is 0 Å². The number of hydrogen-bond acceptors (Lipinski definition) is 4. The highest BCUT2D eigenvalue weighted by atomic mass is 35.5. The third-order valence-electron chi connectivity index (χ3n) is 3.40. The first-order valence-corrected chi connectivity index (χ1v) is 8.17. The van der Waals surface area contributed by atoms with Crippen molar-refractivity contribution in [2.75, 3.05) is 5.32 Å². The summed E-state index contributed by atoms with van der Waals surface area (Å²) < 4.78 is 5.10. The number of nitrogens with one attached hydrogen (secondary N) is 1. The van der Waals surface area contributed by atoms with Crippen LogP contribution in [0.4, 0.5) is 5.69 Å². The average molecular weight is 360 g/mol. The van der Waals surface area contributed by atoms with Gasteiger partial charge in [-0.15, -0.1) is 0 Å². The second kappa shape index (κ2) is 8.99. The summed E-state index contributed by atoms with van der Waals surface area (Å²) in [6, 6.07) is 15.3. The number of benzene rings is 2. The van der Waals surface area contributed by atoms with Crippen molar-refractivity contribution < 1.29 is 19.1 Å². The van der Waals surface area contributed by atoms with Crippen LogP contribution in [0.3, 0.4) is 0 Å². The summed E-state index contributed by atoms with van der Waals surface area (Å²) in [4.78, 5) is 35.8. The molecular formula is C19H18ClNO4. The summed E-state index contributed by atoms with van der Waals surface area (Å²) in [5.74, 6) is -1.21. The predicted molar refractivity (Wildman–Crippen MR) is 95.6 cm³/mol. The molecule has 0 bridgehead atoms. The van der Waals surface area contributed by atoms with Crippen LogP contribution in [0.2, 0.25) is 5.02 Å². The van der Waals surface area contributed by atoms with Gasteiger partial charge in [0.25, 0.3) is 0 Å². The molecule has 0 saturated heterocycles. The van der Waals surface area contributed by atoms with E-state index in [0.717, 1.165) is 0 Å². The second-order valence-corrected chi connectivity index (χ2v) is 5.86. The molecule has 0 aliphatic carbocycles. The molecule has 1 atom stereocenters. The summed E-state index contributed by atoms with van der Waals surface area (Å²) in [6.07, 6.45) is -1.05. The van der Waals surface area contributed by atoms with Crippen LogP contribution in [0.25, 0.3) is 0 Å². The van der Waals surface area contributed by atoms with E-state index in [0.29, 0.717) is 16.3 Å². The van der Waals surface area contributed by atoms with E-state index in [1.165, 1.54) is 6.92 Å². The molecule has 2 aromatic carbocycles. The molecule has 0 fully saturated rings. The Kier molecular flexibility index (Phi) is 6.71. The average Bonchev–Trinajstić information content (AvgIpc) is 2.60. The normalized spacial score (nSPS) is 11.4. The van der Waals surface area contributed by atoms with Gasteiger partial charge in [-0.25, -0.2) is 0 Å². The van der Waals surface area contributed by atoms with E-state index in [1.807, 2.05) is 0 Å². The van der Waals surface area contributed by atoms with Gasteiger partial charge in [-0.2, -0.15) is 0 Å². The molecule has 0 aliphatic heterocycles. The zero-order chi connectivity index (χ0) is 18.2. The number of rotatable bonds is 7. The van der Waals surface area contributed by atoms with E-state index < -0.39 is 12.1 Å². The van der Waals surface area contributed by atoms with Gasteiger partial charge < -0.3 is 10.1 Å². The topological polar surface area (TPSA) is 72.5 Å². The number of amides is 1. The number of Topliss-reactive ketones (excluding diaryl/α,β-unsaturated/α-hetero) is 1. The lowest BCUT2D eigenvalue weighted by molar-refractivity contribution is -0.147. The fourth-order valence-electron chi connectivity index (χ4n) is 2.15. The summed E-state index contributed by atoms with van der Waals surface area (Å²) in [5.41, 5.74) is 1.03. The molecule has 0 saturated carbocycles. The molecule has 0 radical (unpaired) electrons. The molecule has 5 nitrogen and oxygen atoms in total. The number of ether oxygens (including phenoxy) is 1. The first-order chi connectivity index (χ1) is 12.0. The Morgan fingerprint density at radius 1 is 1.04 bits per heavy atom. The fourth-order valence-corrected chi connectivity index (χ4v) is 2.34. The molecule has 0 heterocycles. The molecular weight excluding hydrogens is 342 g/mol. The van der Waals surface area contributed by atoms with Gasteiger partial charge in [-0.05, 0) is 25.1 Å². The molecule has 1 amide bonds. The van der Waals surface area contributed by atoms with Crippen LogP contribution in [-0.4, -0.2) is 23.8 Å². The first kappa shape index (κ1) is 18.7. The van der Waals surface area contributed by atoms with Gasteiger partial charge >= 0.3 is 5.97 Å². The molecule has 1 N–H and O–H groups in total. The molecule has 0 unspecified atom stereocenters. The van der Waals surface area contributed by atoms with Gasteiger partial charge in [0, 0.05) is 22.7 Å². The third kappa shape index (κ3) is 6.04. The highest BCUT2D eigenvalue weighted by Crippen LogP contribution is 2.15. The maximum Gasteiger partial charge on any atom is 0.307 e. The summed E-state index contributed by atoms with van der Waals surface area (Å²) in [5, 5.41) is 3.15. The van der Waals surface area contributed by atoms with Crippen LogP contribution < -0.4 is 5.32 Å². The Labute approximate surface area is 150 Å². The van der Waals surface area contributed by atoms with Crippen molar-refractivity contribution in [2.24, 2.45) is 0 Å². The lowest BCUT2D eigenvalue weighted by atomic mass is 10.1. The predicted octanol–water partition coefficient (Wildman–Crippen LogP) is 3.87. The molecule has 130 valence electrons. The van der Waals surface area contributed by atoms with Crippen molar-refractivity contribution in [1.82, 2.24) is 0 Å². The minimum absolute atomic E-state index is 0.0441. The van der Waals surface area contributed by atoms with E-state index >= 15 is 0 Å². The lowest BCUT2D eigenvalue weighted by Crippen LogP contribution is -2.25. The molecule has 2 rings (SSSR count). The quantitative estimate of drug-likeness (QED) is 0.601. The highest BCUT2D eigenvalue weighted by Gasteiger charge is 2.19. The molecule has 25 heavy (non-hydrogen) atoms. The SMILES string of the molecule is C[C@@H](OC(=O)CCC(=O)Nc1cccc(Cl)c1)C(=O)c1ccccc1. The van der Waals surface area contributed by atoms with E-state index in [4.69, 9.17) is 16.3 Å². The first-order valence-electron chi connectivity index (χ1n) is 7.80. The maximum absolute atomic E-state index is 12.1. The Bertz CT molecular complexity index is 761. The van der Waals surface area contributed by atoms with Gasteiger partial charge in [-0.1, -0.05) is 48.0 Å². The summed E-state index contributed by atoms with van der Waals surface area (Å²) >= 11 is 5.84. The molecule has 2 aromatic rings. The van der Waals surface area contributed by atoms with Crippen molar-refractivity contribution in [3.05, 3.63) is 65.2 Å². The molecule has 0 aromatic heterocycles. The van der Waals surface area contributed by atoms with E-state index in [2.05, 4.69) is 5.32 Å². The number of hydrogen-bond donors (Lipinski definition) is 1. The van der Waals surface area contributed by atoms with E-state index in [-0.39, 0.29) is 24.5 Å². The molecule has 0 spiro atoms. The number of carbonyl (C=O) groups excluding carboxylic acids is 3. The largest absolute Gasteiger partial charge is 0.454 e. The molecule has 0 aliphatic rings. The zero-order valence-corrected chi connectivity index (χ0v) is 14.5. The van der Waals surface area contributed by atoms with Crippen molar-refractivity contribution in [1.29, 1.82) is 0 Å². The zero-order valence-electron chi connectivity index (χ0n) is 13.7. The Morgan fingerprint density at radius 3 is 2.44 bits per heavy atom. The number of esters is 1. The Hall–Kier alpha value is -2.66. The number of halogens is 1. The van der Waals surface area contributed by atoms with Crippen molar-refractivity contribution >= 4 is 34.9 Å². The minimum Gasteiger partial charge on any atom is -0.454 e. The van der Waals surface area contributed by atoms with Gasteiger partial charge in [-0.3, -0.25) is 14.4 Å². The standard InChI is InChI=1S/C19H18ClNO4/c1-13(19(24)14-6-3-2-4-7-14)25-18(23)11-10-17(22)21-16-9-5-8-15(20)12-16/h2-9,12-13H,10-11H2,1H3,(H,21,22)/t13-/m1/s1. The van der Waals surface area contributed by atoms with Gasteiger partial charge in [0.2, 0.25) is 11.7 Å². The number of ketones is 1. The van der Waals surface area contributed by atoms with E-state index in [9.17, 15) is 14.4 Å². The van der Waals surface area contributed by atoms with Crippen LogP contribution in [0, 0.1) is 0 Å². The summed E-state index contributed by atoms with van der Waals surface area (Å²) in [7, 11) is 0. The number of carbonyl (C=O) groups is 3. The monoisotopic (exact) mass is 359 g/mol. The summed E-state index contributed by atoms with van der Waals surface area (Å²) in [6.45, 7) is 1.51. The Morgan fingerprint density at radius 2 is 1.76 bits per heavy atom. The van der Waals surface area contributed by atoms with Crippen molar-refractivity contribution in [2.45, 2.75) is 25.9 Å². The van der Waals surface area contributed by atoms with Crippen molar-refractivity contribution in [3.63, 3.8) is 0 Å². The van der Waals surface area contributed by atoms with Gasteiger partial charge in [0.15, 0.2) is 6.10 Å². The van der Waals surface area contributed by atoms with E-state index in [1.54, 1.807) is 54.6 Å². The number of anilines is 1. The minimum atomic E-state index is -0.897. The van der Waals surface area contributed by atoms with Crippen LogP contribution in [0.1, 0.15) is 30.1 Å². The lowest BCUT2D eigenvalue weighted by Gasteiger charge is -2.12. The van der Waals surface area contributed by atoms with Crippen LogP contribution in [-0.2, 0) is 14.3 Å². The van der Waals surface area contributed by atoms with Gasteiger partial charge in [0.1, 0.15) is 0 Å². The smallest absolute Gasteiger partial charge is 0.307 e. The second-order valence-electron chi connectivity index (χ2n) is 5.42. The van der Waals surface area contributed by atoms with Crippen LogP contribution >= 0.6 is 11.6 Å². The fraction of sp³-hybridized carbons (Fsp3) is 0.211.